The van der Waals surface area contributed by atoms with Crippen LogP contribution in [0.5, 0.6) is 11.5 Å². The number of aryl methyl sites for hydroxylation is 1. The summed E-state index contributed by atoms with van der Waals surface area (Å²) in [4.78, 5) is 14.6. The summed E-state index contributed by atoms with van der Waals surface area (Å²) >= 11 is 6.60. The third-order valence-corrected chi connectivity index (χ3v) is 5.78. The molecular weight excluding hydrogens is 390 g/mol. The third-order valence-electron chi connectivity index (χ3n) is 4.40. The molecule has 0 unspecified atom stereocenters. The van der Waals surface area contributed by atoms with E-state index in [0.717, 1.165) is 11.1 Å². The summed E-state index contributed by atoms with van der Waals surface area (Å²) in [6, 6.07) is 13.8. The standard InChI is InChI=1S/C22H23NO3S2/c1-4-23-21(24)20(28-22(23)27)13-16-10-11-18(19(12-16)25-5-2)26-14-17-9-7-6-8-15(17)3/h6-13H,4-5,14H2,1-3H3/b20-13-. The average Bonchev–Trinajstić information content (AvgIpc) is 2.95. The van der Waals surface area contributed by atoms with Gasteiger partial charge in [-0.2, -0.15) is 0 Å². The largest absolute Gasteiger partial charge is 0.490 e. The Morgan fingerprint density at radius 2 is 1.89 bits per heavy atom. The highest BCUT2D eigenvalue weighted by molar-refractivity contribution is 8.26. The Hall–Kier alpha value is -2.31. The zero-order valence-corrected chi connectivity index (χ0v) is 17.9. The average molecular weight is 414 g/mol. The van der Waals surface area contributed by atoms with E-state index in [9.17, 15) is 4.79 Å². The zero-order chi connectivity index (χ0) is 20.1. The fraction of sp³-hybridized carbons (Fsp3) is 0.273. The summed E-state index contributed by atoms with van der Waals surface area (Å²) in [5.41, 5.74) is 3.20. The first-order chi connectivity index (χ1) is 13.5. The highest BCUT2D eigenvalue weighted by atomic mass is 32.2. The van der Waals surface area contributed by atoms with Gasteiger partial charge in [-0.1, -0.05) is 54.3 Å². The lowest BCUT2D eigenvalue weighted by Crippen LogP contribution is -2.27. The highest BCUT2D eigenvalue weighted by Gasteiger charge is 2.30. The Bertz CT molecular complexity index is 924. The van der Waals surface area contributed by atoms with Crippen molar-refractivity contribution >= 4 is 40.3 Å². The Morgan fingerprint density at radius 1 is 1.11 bits per heavy atom. The van der Waals surface area contributed by atoms with Gasteiger partial charge in [-0.15, -0.1) is 0 Å². The summed E-state index contributed by atoms with van der Waals surface area (Å²) < 4.78 is 12.4. The number of carbonyl (C=O) groups excluding carboxylic acids is 1. The van der Waals surface area contributed by atoms with Gasteiger partial charge in [0.25, 0.3) is 5.91 Å². The SMILES string of the molecule is CCOc1cc(/C=C2\SC(=S)N(CC)C2=O)ccc1OCc1ccccc1C. The van der Waals surface area contributed by atoms with Crippen molar-refractivity contribution in [2.24, 2.45) is 0 Å². The van der Waals surface area contributed by atoms with E-state index in [2.05, 4.69) is 19.1 Å². The summed E-state index contributed by atoms with van der Waals surface area (Å²) in [6.45, 7) is 7.50. The van der Waals surface area contributed by atoms with Crippen LogP contribution in [0.3, 0.4) is 0 Å². The first-order valence-electron chi connectivity index (χ1n) is 9.23. The van der Waals surface area contributed by atoms with Gasteiger partial charge in [0.05, 0.1) is 11.5 Å². The molecule has 0 saturated carbocycles. The number of nitrogens with zero attached hydrogens (tertiary/aromatic N) is 1. The van der Waals surface area contributed by atoms with Gasteiger partial charge in [-0.05, 0) is 55.7 Å². The van der Waals surface area contributed by atoms with Crippen molar-refractivity contribution in [1.82, 2.24) is 4.90 Å². The molecule has 3 rings (SSSR count). The number of hydrogen-bond donors (Lipinski definition) is 0. The monoisotopic (exact) mass is 413 g/mol. The maximum atomic E-state index is 12.4. The lowest BCUT2D eigenvalue weighted by Gasteiger charge is -2.14. The molecule has 2 aromatic rings. The first-order valence-corrected chi connectivity index (χ1v) is 10.5. The molecule has 1 heterocycles. The summed E-state index contributed by atoms with van der Waals surface area (Å²) in [6.07, 6.45) is 1.85. The number of thioether (sulfide) groups is 1. The molecule has 146 valence electrons. The molecule has 0 aliphatic carbocycles. The topological polar surface area (TPSA) is 38.8 Å². The van der Waals surface area contributed by atoms with E-state index in [1.165, 1.54) is 17.3 Å². The van der Waals surface area contributed by atoms with Crippen molar-refractivity contribution in [3.05, 3.63) is 64.1 Å². The maximum Gasteiger partial charge on any atom is 0.266 e. The Balaban J connectivity index is 1.81. The van der Waals surface area contributed by atoms with E-state index >= 15 is 0 Å². The van der Waals surface area contributed by atoms with Crippen LogP contribution < -0.4 is 9.47 Å². The lowest BCUT2D eigenvalue weighted by molar-refractivity contribution is -0.121. The molecule has 0 aromatic heterocycles. The molecule has 2 aromatic carbocycles. The van der Waals surface area contributed by atoms with Gasteiger partial charge in [0, 0.05) is 6.54 Å². The van der Waals surface area contributed by atoms with Gasteiger partial charge < -0.3 is 9.47 Å². The van der Waals surface area contributed by atoms with Crippen LogP contribution in [0.25, 0.3) is 6.08 Å². The van der Waals surface area contributed by atoms with Crippen LogP contribution in [-0.2, 0) is 11.4 Å². The Kier molecular flexibility index (Phi) is 6.75. The summed E-state index contributed by atoms with van der Waals surface area (Å²) in [5.74, 6) is 1.30. The molecule has 1 fully saturated rings. The van der Waals surface area contributed by atoms with Crippen LogP contribution in [0.4, 0.5) is 0 Å². The van der Waals surface area contributed by atoms with E-state index < -0.39 is 0 Å². The molecule has 1 aliphatic rings. The molecule has 1 saturated heterocycles. The number of benzene rings is 2. The zero-order valence-electron chi connectivity index (χ0n) is 16.2. The number of ether oxygens (including phenoxy) is 2. The van der Waals surface area contributed by atoms with E-state index in [1.807, 2.05) is 50.3 Å². The van der Waals surface area contributed by atoms with E-state index in [-0.39, 0.29) is 5.91 Å². The molecular formula is C22H23NO3S2. The van der Waals surface area contributed by atoms with E-state index in [1.54, 1.807) is 4.90 Å². The van der Waals surface area contributed by atoms with Crippen molar-refractivity contribution in [1.29, 1.82) is 0 Å². The lowest BCUT2D eigenvalue weighted by atomic mass is 10.1. The quantitative estimate of drug-likeness (QED) is 0.461. The van der Waals surface area contributed by atoms with Crippen molar-refractivity contribution in [2.75, 3.05) is 13.2 Å². The van der Waals surface area contributed by atoms with Crippen LogP contribution in [-0.4, -0.2) is 28.3 Å². The fourth-order valence-corrected chi connectivity index (χ4v) is 4.24. The summed E-state index contributed by atoms with van der Waals surface area (Å²) in [7, 11) is 0. The highest BCUT2D eigenvalue weighted by Crippen LogP contribution is 2.35. The van der Waals surface area contributed by atoms with Crippen molar-refractivity contribution < 1.29 is 14.3 Å². The minimum absolute atomic E-state index is 0.0460. The second kappa shape index (κ2) is 9.26. The predicted octanol–water partition coefficient (Wildman–Crippen LogP) is 5.19. The molecule has 0 spiro atoms. The molecule has 4 nitrogen and oxygen atoms in total. The van der Waals surface area contributed by atoms with Crippen LogP contribution in [0, 0.1) is 6.92 Å². The van der Waals surface area contributed by atoms with Crippen molar-refractivity contribution in [3.8, 4) is 11.5 Å². The first kappa shape index (κ1) is 20.4. The molecule has 0 bridgehead atoms. The van der Waals surface area contributed by atoms with Gasteiger partial charge in [-0.25, -0.2) is 0 Å². The third kappa shape index (κ3) is 4.56. The van der Waals surface area contributed by atoms with Gasteiger partial charge in [0.2, 0.25) is 0 Å². The second-order valence-electron chi connectivity index (χ2n) is 6.28. The molecule has 0 N–H and O–H groups in total. The normalized spacial score (nSPS) is 15.4. The maximum absolute atomic E-state index is 12.4. The predicted molar refractivity (Wildman–Crippen MR) is 119 cm³/mol. The fourth-order valence-electron chi connectivity index (χ4n) is 2.85. The van der Waals surface area contributed by atoms with Gasteiger partial charge in [0.15, 0.2) is 11.5 Å². The van der Waals surface area contributed by atoms with Gasteiger partial charge in [-0.3, -0.25) is 9.69 Å². The van der Waals surface area contributed by atoms with Gasteiger partial charge in [0.1, 0.15) is 10.9 Å². The number of rotatable bonds is 7. The number of thiocarbonyl (C=S) groups is 1. The molecule has 1 aliphatic heterocycles. The Morgan fingerprint density at radius 3 is 2.57 bits per heavy atom. The minimum atomic E-state index is -0.0460. The summed E-state index contributed by atoms with van der Waals surface area (Å²) in [5, 5.41) is 0. The molecule has 28 heavy (non-hydrogen) atoms. The number of likely N-dealkylation sites (N-methyl/N-ethyl adjacent to an activating group) is 1. The number of carbonyl (C=O) groups is 1. The second-order valence-corrected chi connectivity index (χ2v) is 7.96. The molecule has 1 amide bonds. The van der Waals surface area contributed by atoms with Crippen LogP contribution in [0.1, 0.15) is 30.5 Å². The number of amides is 1. The molecule has 0 radical (unpaired) electrons. The number of hydrogen-bond acceptors (Lipinski definition) is 5. The van der Waals surface area contributed by atoms with E-state index in [0.29, 0.717) is 40.5 Å². The van der Waals surface area contributed by atoms with Crippen molar-refractivity contribution in [2.45, 2.75) is 27.4 Å². The van der Waals surface area contributed by atoms with Crippen LogP contribution in [0.2, 0.25) is 0 Å². The molecule has 6 heteroatoms. The van der Waals surface area contributed by atoms with Gasteiger partial charge >= 0.3 is 0 Å². The van der Waals surface area contributed by atoms with Crippen LogP contribution in [0.15, 0.2) is 47.4 Å². The Labute approximate surface area is 175 Å². The minimum Gasteiger partial charge on any atom is -0.490 e. The smallest absolute Gasteiger partial charge is 0.266 e. The van der Waals surface area contributed by atoms with Crippen LogP contribution >= 0.6 is 24.0 Å². The van der Waals surface area contributed by atoms with E-state index in [4.69, 9.17) is 21.7 Å². The van der Waals surface area contributed by atoms with Crippen molar-refractivity contribution in [3.63, 3.8) is 0 Å². The molecule has 0 atom stereocenters.